The molecule has 1 aliphatic carbocycles. The van der Waals surface area contributed by atoms with Crippen molar-refractivity contribution in [2.45, 2.75) is 51.6 Å². The van der Waals surface area contributed by atoms with Crippen LogP contribution in [-0.2, 0) is 17.8 Å². The van der Waals surface area contributed by atoms with Crippen LogP contribution in [0.1, 0.15) is 42.5 Å². The van der Waals surface area contributed by atoms with E-state index in [4.69, 9.17) is 0 Å². The SMILES string of the molecule is Cc1nc(-c2ncccn2)[nH]c(=O)c1CC(=O)N(Cc1c(F)cccc1F)C1CCCC1. The van der Waals surface area contributed by atoms with Gasteiger partial charge in [-0.15, -0.1) is 0 Å². The molecule has 2 heterocycles. The second-order valence-electron chi connectivity index (χ2n) is 7.89. The van der Waals surface area contributed by atoms with E-state index in [0.717, 1.165) is 25.7 Å². The van der Waals surface area contributed by atoms with Crippen molar-refractivity contribution in [3.63, 3.8) is 0 Å². The van der Waals surface area contributed by atoms with E-state index in [-0.39, 0.29) is 47.7 Å². The zero-order valence-electron chi connectivity index (χ0n) is 17.6. The molecule has 2 aromatic heterocycles. The van der Waals surface area contributed by atoms with Gasteiger partial charge in [-0.05, 0) is 38.0 Å². The quantitative estimate of drug-likeness (QED) is 0.636. The Labute approximate surface area is 183 Å². The van der Waals surface area contributed by atoms with Gasteiger partial charge in [0.1, 0.15) is 11.6 Å². The van der Waals surface area contributed by atoms with E-state index in [9.17, 15) is 18.4 Å². The van der Waals surface area contributed by atoms with E-state index in [1.807, 2.05) is 0 Å². The summed E-state index contributed by atoms with van der Waals surface area (Å²) >= 11 is 0. The van der Waals surface area contributed by atoms with Crippen molar-refractivity contribution in [3.8, 4) is 11.6 Å². The maximum absolute atomic E-state index is 14.3. The van der Waals surface area contributed by atoms with E-state index in [0.29, 0.717) is 5.69 Å². The van der Waals surface area contributed by atoms with Gasteiger partial charge < -0.3 is 9.88 Å². The van der Waals surface area contributed by atoms with Gasteiger partial charge in [0.2, 0.25) is 5.91 Å². The van der Waals surface area contributed by atoms with Crippen molar-refractivity contribution >= 4 is 5.91 Å². The van der Waals surface area contributed by atoms with Crippen molar-refractivity contribution in [1.29, 1.82) is 0 Å². The predicted octanol–water partition coefficient (Wildman–Crippen LogP) is 3.33. The standard InChI is InChI=1S/C23H23F2N5O2/c1-14-16(23(32)29-22(28-14)21-26-10-5-11-27-21)12-20(31)30(15-6-2-3-7-15)13-17-18(24)8-4-9-19(17)25/h4-5,8-11,15H,2-3,6-7,12-13H2,1H3,(H,28,29,32). The van der Waals surface area contributed by atoms with Crippen LogP contribution in [-0.4, -0.2) is 36.8 Å². The van der Waals surface area contributed by atoms with Gasteiger partial charge in [0.05, 0.1) is 13.0 Å². The zero-order chi connectivity index (χ0) is 22.7. The van der Waals surface area contributed by atoms with E-state index < -0.39 is 17.2 Å². The van der Waals surface area contributed by atoms with Gasteiger partial charge in [0.25, 0.3) is 5.56 Å². The van der Waals surface area contributed by atoms with Crippen LogP contribution in [0.5, 0.6) is 0 Å². The number of aromatic amines is 1. The predicted molar refractivity (Wildman–Crippen MR) is 113 cm³/mol. The minimum Gasteiger partial charge on any atom is -0.335 e. The monoisotopic (exact) mass is 439 g/mol. The molecule has 9 heteroatoms. The molecular formula is C23H23F2N5O2. The normalized spacial score (nSPS) is 14.0. The molecular weight excluding hydrogens is 416 g/mol. The molecule has 0 saturated heterocycles. The Morgan fingerprint density at radius 3 is 2.38 bits per heavy atom. The number of nitrogens with zero attached hydrogens (tertiary/aromatic N) is 4. The Kier molecular flexibility index (Phi) is 6.34. The first-order chi connectivity index (χ1) is 15.4. The first-order valence-corrected chi connectivity index (χ1v) is 10.5. The zero-order valence-corrected chi connectivity index (χ0v) is 17.6. The summed E-state index contributed by atoms with van der Waals surface area (Å²) in [7, 11) is 0. The van der Waals surface area contributed by atoms with Crippen molar-refractivity contribution in [1.82, 2.24) is 24.8 Å². The maximum atomic E-state index is 14.3. The molecule has 1 aromatic carbocycles. The highest BCUT2D eigenvalue weighted by Crippen LogP contribution is 2.27. The second kappa shape index (κ2) is 9.33. The van der Waals surface area contributed by atoms with Gasteiger partial charge in [-0.1, -0.05) is 18.9 Å². The molecule has 7 nitrogen and oxygen atoms in total. The molecule has 1 saturated carbocycles. The lowest BCUT2D eigenvalue weighted by Gasteiger charge is -2.29. The number of aromatic nitrogens is 4. The molecule has 4 rings (SSSR count). The summed E-state index contributed by atoms with van der Waals surface area (Å²) in [5, 5.41) is 0. The van der Waals surface area contributed by atoms with E-state index in [1.54, 1.807) is 13.0 Å². The molecule has 3 aromatic rings. The van der Waals surface area contributed by atoms with Crippen LogP contribution < -0.4 is 5.56 Å². The smallest absolute Gasteiger partial charge is 0.255 e. The van der Waals surface area contributed by atoms with Crippen LogP contribution in [0.3, 0.4) is 0 Å². The minimum atomic E-state index is -0.691. The molecule has 0 radical (unpaired) electrons. The fourth-order valence-corrected chi connectivity index (χ4v) is 4.09. The first-order valence-electron chi connectivity index (χ1n) is 10.5. The molecule has 0 unspecified atom stereocenters. The summed E-state index contributed by atoms with van der Waals surface area (Å²) < 4.78 is 28.5. The Hall–Kier alpha value is -3.49. The van der Waals surface area contributed by atoms with Gasteiger partial charge >= 0.3 is 0 Å². The largest absolute Gasteiger partial charge is 0.335 e. The van der Waals surface area contributed by atoms with Crippen LogP contribution in [0.15, 0.2) is 41.5 Å². The van der Waals surface area contributed by atoms with Gasteiger partial charge in [0, 0.05) is 35.3 Å². The Morgan fingerprint density at radius 1 is 1.09 bits per heavy atom. The third kappa shape index (κ3) is 4.56. The third-order valence-corrected chi connectivity index (χ3v) is 5.80. The van der Waals surface area contributed by atoms with E-state index in [2.05, 4.69) is 19.9 Å². The van der Waals surface area contributed by atoms with Crippen molar-refractivity contribution in [2.24, 2.45) is 0 Å². The molecule has 32 heavy (non-hydrogen) atoms. The molecule has 1 amide bonds. The molecule has 166 valence electrons. The topological polar surface area (TPSA) is 91.8 Å². The van der Waals surface area contributed by atoms with Crippen molar-refractivity contribution in [2.75, 3.05) is 0 Å². The lowest BCUT2D eigenvalue weighted by Crippen LogP contribution is -2.40. The molecule has 0 atom stereocenters. The molecule has 0 bridgehead atoms. The summed E-state index contributed by atoms with van der Waals surface area (Å²) in [5.41, 5.74) is -0.00971. The lowest BCUT2D eigenvalue weighted by atomic mass is 10.1. The number of hydrogen-bond acceptors (Lipinski definition) is 5. The summed E-state index contributed by atoms with van der Waals surface area (Å²) in [6.07, 6.45) is 6.28. The van der Waals surface area contributed by atoms with Crippen LogP contribution in [0.25, 0.3) is 11.6 Å². The number of benzene rings is 1. The number of H-pyrrole nitrogens is 1. The summed E-state index contributed by atoms with van der Waals surface area (Å²) in [4.78, 5) is 42.6. The number of carbonyl (C=O) groups excluding carboxylic acids is 1. The van der Waals surface area contributed by atoms with Crippen molar-refractivity contribution in [3.05, 3.63) is 75.5 Å². The molecule has 1 aliphatic rings. The molecule has 0 aliphatic heterocycles. The van der Waals surface area contributed by atoms with Gasteiger partial charge in [0.15, 0.2) is 11.6 Å². The maximum Gasteiger partial charge on any atom is 0.255 e. The highest BCUT2D eigenvalue weighted by molar-refractivity contribution is 5.79. The van der Waals surface area contributed by atoms with Crippen LogP contribution in [0, 0.1) is 18.6 Å². The number of aryl methyl sites for hydroxylation is 1. The summed E-state index contributed by atoms with van der Waals surface area (Å²) in [6.45, 7) is 1.46. The van der Waals surface area contributed by atoms with Crippen molar-refractivity contribution < 1.29 is 13.6 Å². The summed E-state index contributed by atoms with van der Waals surface area (Å²) in [5.74, 6) is -1.26. The Morgan fingerprint density at radius 2 is 1.75 bits per heavy atom. The average Bonchev–Trinajstić information content (AvgIpc) is 3.31. The van der Waals surface area contributed by atoms with Gasteiger partial charge in [-0.25, -0.2) is 23.7 Å². The highest BCUT2D eigenvalue weighted by Gasteiger charge is 2.29. The van der Waals surface area contributed by atoms with Crippen LogP contribution in [0.4, 0.5) is 8.78 Å². The fraction of sp³-hybridized carbons (Fsp3) is 0.348. The highest BCUT2D eigenvalue weighted by atomic mass is 19.1. The molecule has 1 fully saturated rings. The van der Waals surface area contributed by atoms with Crippen LogP contribution in [0.2, 0.25) is 0 Å². The second-order valence-corrected chi connectivity index (χ2v) is 7.89. The number of carbonyl (C=O) groups is 1. The lowest BCUT2D eigenvalue weighted by molar-refractivity contribution is -0.133. The number of halogens is 2. The molecule has 0 spiro atoms. The minimum absolute atomic E-state index is 0.120. The summed E-state index contributed by atoms with van der Waals surface area (Å²) in [6, 6.07) is 5.18. The number of nitrogens with one attached hydrogen (secondary N) is 1. The van der Waals surface area contributed by atoms with E-state index in [1.165, 1.54) is 35.5 Å². The van der Waals surface area contributed by atoms with E-state index >= 15 is 0 Å². The molecule has 1 N–H and O–H groups in total. The van der Waals surface area contributed by atoms with Gasteiger partial charge in [-0.3, -0.25) is 9.59 Å². The van der Waals surface area contributed by atoms with Crippen LogP contribution >= 0.6 is 0 Å². The number of hydrogen-bond donors (Lipinski definition) is 1. The number of amides is 1. The average molecular weight is 439 g/mol. The third-order valence-electron chi connectivity index (χ3n) is 5.80. The first kappa shape index (κ1) is 21.7. The van der Waals surface area contributed by atoms with Gasteiger partial charge in [-0.2, -0.15) is 0 Å². The fourth-order valence-electron chi connectivity index (χ4n) is 4.09. The number of rotatable bonds is 6. The Balaban J connectivity index is 1.61. The Bertz CT molecular complexity index is 1160.